The van der Waals surface area contributed by atoms with Crippen molar-refractivity contribution in [2.75, 3.05) is 5.75 Å². The Morgan fingerprint density at radius 3 is 2.53 bits per heavy atom. The summed E-state index contributed by atoms with van der Waals surface area (Å²) in [5.41, 5.74) is 2.09. The number of rotatable bonds is 3. The third kappa shape index (κ3) is 2.30. The summed E-state index contributed by atoms with van der Waals surface area (Å²) in [5.74, 6) is 1.11. The van der Waals surface area contributed by atoms with Crippen LogP contribution >= 0.6 is 11.8 Å². The lowest BCUT2D eigenvalue weighted by atomic mass is 9.98. The van der Waals surface area contributed by atoms with Crippen LogP contribution in [0.2, 0.25) is 0 Å². The molecule has 1 unspecified atom stereocenters. The molecular formula is C15H15NS. The van der Waals surface area contributed by atoms with Gasteiger partial charge in [0.15, 0.2) is 0 Å². The van der Waals surface area contributed by atoms with Crippen molar-refractivity contribution in [3.05, 3.63) is 47.5 Å². The van der Waals surface area contributed by atoms with Gasteiger partial charge >= 0.3 is 0 Å². The van der Waals surface area contributed by atoms with Gasteiger partial charge in [0.25, 0.3) is 0 Å². The summed E-state index contributed by atoms with van der Waals surface area (Å²) in [6.07, 6.45) is 0. The molecule has 86 valence electrons. The van der Waals surface area contributed by atoms with Gasteiger partial charge in [0.05, 0.1) is 11.6 Å². The van der Waals surface area contributed by atoms with Gasteiger partial charge in [-0.05, 0) is 35.1 Å². The van der Waals surface area contributed by atoms with E-state index in [1.807, 2.05) is 36.0 Å². The minimum atomic E-state index is 0.470. The predicted octanol–water partition coefficient (Wildman–Crippen LogP) is 4.53. The second kappa shape index (κ2) is 5.25. The number of benzene rings is 2. The van der Waals surface area contributed by atoms with Crippen LogP contribution < -0.4 is 0 Å². The molecule has 2 rings (SSSR count). The molecule has 0 bridgehead atoms. The highest BCUT2D eigenvalue weighted by Gasteiger charge is 2.10. The largest absolute Gasteiger partial charge is 0.192 e. The Hall–Kier alpha value is -1.46. The van der Waals surface area contributed by atoms with Crippen molar-refractivity contribution in [3.63, 3.8) is 0 Å². The summed E-state index contributed by atoms with van der Waals surface area (Å²) in [5, 5.41) is 11.9. The van der Waals surface area contributed by atoms with E-state index < -0.39 is 0 Å². The molecule has 0 saturated heterocycles. The standard InChI is InChI=1S/C15H15NS/c1-3-17-11(2)13-9-8-12(10-16)14-6-4-5-7-15(13)14/h4-9,11H,3H2,1-2H3. The minimum Gasteiger partial charge on any atom is -0.192 e. The zero-order valence-corrected chi connectivity index (χ0v) is 10.9. The molecule has 0 fully saturated rings. The fourth-order valence-corrected chi connectivity index (χ4v) is 3.00. The summed E-state index contributed by atoms with van der Waals surface area (Å²) in [4.78, 5) is 0. The van der Waals surface area contributed by atoms with Gasteiger partial charge in [0.2, 0.25) is 0 Å². The fraction of sp³-hybridized carbons (Fsp3) is 0.267. The van der Waals surface area contributed by atoms with Gasteiger partial charge in [-0.3, -0.25) is 0 Å². The molecule has 0 saturated carbocycles. The summed E-state index contributed by atoms with van der Waals surface area (Å²) in [6.45, 7) is 4.40. The van der Waals surface area contributed by atoms with Crippen LogP contribution in [0, 0.1) is 11.3 Å². The maximum Gasteiger partial charge on any atom is 0.0998 e. The number of fused-ring (bicyclic) bond motifs is 1. The monoisotopic (exact) mass is 241 g/mol. The van der Waals surface area contributed by atoms with Crippen LogP contribution in [0.3, 0.4) is 0 Å². The summed E-state index contributed by atoms with van der Waals surface area (Å²) in [6, 6.07) is 14.5. The highest BCUT2D eigenvalue weighted by molar-refractivity contribution is 7.99. The lowest BCUT2D eigenvalue weighted by molar-refractivity contribution is 1.11. The zero-order valence-electron chi connectivity index (χ0n) is 10.1. The van der Waals surface area contributed by atoms with Crippen LogP contribution in [0.1, 0.15) is 30.2 Å². The topological polar surface area (TPSA) is 23.8 Å². The second-order valence-electron chi connectivity index (χ2n) is 3.96. The molecule has 0 aliphatic heterocycles. The molecule has 0 radical (unpaired) electrons. The van der Waals surface area contributed by atoms with Gasteiger partial charge in [-0.2, -0.15) is 17.0 Å². The normalized spacial score (nSPS) is 12.3. The maximum absolute atomic E-state index is 9.11. The van der Waals surface area contributed by atoms with E-state index in [0.717, 1.165) is 16.7 Å². The SMILES string of the molecule is CCSC(C)c1ccc(C#N)c2ccccc12. The fourth-order valence-electron chi connectivity index (χ4n) is 2.11. The molecule has 1 atom stereocenters. The number of thioether (sulfide) groups is 1. The van der Waals surface area contributed by atoms with E-state index in [0.29, 0.717) is 5.25 Å². The molecule has 0 spiro atoms. The third-order valence-corrected chi connectivity index (χ3v) is 4.02. The second-order valence-corrected chi connectivity index (χ2v) is 5.58. The summed E-state index contributed by atoms with van der Waals surface area (Å²) in [7, 11) is 0. The van der Waals surface area contributed by atoms with Gasteiger partial charge < -0.3 is 0 Å². The number of nitrogens with zero attached hydrogens (tertiary/aromatic N) is 1. The molecule has 17 heavy (non-hydrogen) atoms. The lowest BCUT2D eigenvalue weighted by Crippen LogP contribution is -1.92. The Bertz CT molecular complexity index is 569. The lowest BCUT2D eigenvalue weighted by Gasteiger charge is -2.14. The Morgan fingerprint density at radius 2 is 1.88 bits per heavy atom. The van der Waals surface area contributed by atoms with Gasteiger partial charge in [-0.15, -0.1) is 0 Å². The van der Waals surface area contributed by atoms with Crippen LogP contribution in [-0.4, -0.2) is 5.75 Å². The number of nitriles is 1. The van der Waals surface area contributed by atoms with Crippen molar-refractivity contribution in [2.24, 2.45) is 0 Å². The minimum absolute atomic E-state index is 0.470. The average Bonchev–Trinajstić information content (AvgIpc) is 2.37. The van der Waals surface area contributed by atoms with E-state index in [4.69, 9.17) is 5.26 Å². The number of hydrogen-bond acceptors (Lipinski definition) is 2. The van der Waals surface area contributed by atoms with Crippen molar-refractivity contribution in [1.29, 1.82) is 5.26 Å². The van der Waals surface area contributed by atoms with Crippen molar-refractivity contribution in [3.8, 4) is 6.07 Å². The summed E-state index contributed by atoms with van der Waals surface area (Å²) < 4.78 is 0. The maximum atomic E-state index is 9.11. The Labute approximate surface area is 106 Å². The van der Waals surface area contributed by atoms with E-state index in [9.17, 15) is 0 Å². The van der Waals surface area contributed by atoms with E-state index >= 15 is 0 Å². The van der Waals surface area contributed by atoms with E-state index in [-0.39, 0.29) is 0 Å². The molecule has 0 N–H and O–H groups in total. The molecule has 1 nitrogen and oxygen atoms in total. The average molecular weight is 241 g/mol. The molecule has 0 aliphatic carbocycles. The molecule has 0 aliphatic rings. The zero-order chi connectivity index (χ0) is 12.3. The first kappa shape index (κ1) is 12.0. The Morgan fingerprint density at radius 1 is 1.18 bits per heavy atom. The van der Waals surface area contributed by atoms with Crippen molar-refractivity contribution >= 4 is 22.5 Å². The first-order valence-corrected chi connectivity index (χ1v) is 6.86. The van der Waals surface area contributed by atoms with Gasteiger partial charge in [0, 0.05) is 5.25 Å². The molecule has 0 amide bonds. The first-order chi connectivity index (χ1) is 8.27. The van der Waals surface area contributed by atoms with E-state index in [1.165, 1.54) is 10.9 Å². The molecule has 0 heterocycles. The Kier molecular flexibility index (Phi) is 3.71. The third-order valence-electron chi connectivity index (χ3n) is 2.93. The smallest absolute Gasteiger partial charge is 0.0998 e. The molecule has 0 aromatic heterocycles. The van der Waals surface area contributed by atoms with Gasteiger partial charge in [-0.25, -0.2) is 0 Å². The van der Waals surface area contributed by atoms with E-state index in [1.54, 1.807) is 0 Å². The molecular weight excluding hydrogens is 226 g/mol. The molecule has 2 aromatic rings. The van der Waals surface area contributed by atoms with Crippen molar-refractivity contribution < 1.29 is 0 Å². The Balaban J connectivity index is 2.63. The quantitative estimate of drug-likeness (QED) is 0.788. The van der Waals surface area contributed by atoms with E-state index in [2.05, 4.69) is 32.0 Å². The van der Waals surface area contributed by atoms with Crippen LogP contribution in [0.25, 0.3) is 10.8 Å². The molecule has 2 aromatic carbocycles. The molecule has 2 heteroatoms. The van der Waals surface area contributed by atoms with Crippen LogP contribution in [0.4, 0.5) is 0 Å². The van der Waals surface area contributed by atoms with Crippen LogP contribution in [0.15, 0.2) is 36.4 Å². The predicted molar refractivity (Wildman–Crippen MR) is 75.2 cm³/mol. The van der Waals surface area contributed by atoms with Crippen LogP contribution in [-0.2, 0) is 0 Å². The van der Waals surface area contributed by atoms with Crippen molar-refractivity contribution in [1.82, 2.24) is 0 Å². The number of hydrogen-bond donors (Lipinski definition) is 0. The van der Waals surface area contributed by atoms with Gasteiger partial charge in [0.1, 0.15) is 0 Å². The highest BCUT2D eigenvalue weighted by atomic mass is 32.2. The highest BCUT2D eigenvalue weighted by Crippen LogP contribution is 2.34. The van der Waals surface area contributed by atoms with Crippen LogP contribution in [0.5, 0.6) is 0 Å². The summed E-state index contributed by atoms with van der Waals surface area (Å²) >= 11 is 1.93. The van der Waals surface area contributed by atoms with Crippen molar-refractivity contribution in [2.45, 2.75) is 19.1 Å². The first-order valence-electron chi connectivity index (χ1n) is 5.81. The van der Waals surface area contributed by atoms with Gasteiger partial charge in [-0.1, -0.05) is 37.3 Å².